The zero-order valence-electron chi connectivity index (χ0n) is 14.8. The molecule has 0 bridgehead atoms. The summed E-state index contributed by atoms with van der Waals surface area (Å²) in [6.07, 6.45) is 2.85. The number of ether oxygens (including phenoxy) is 1. The van der Waals surface area contributed by atoms with Gasteiger partial charge in [-0.3, -0.25) is 4.79 Å². The standard InChI is InChI=1S/C19H22N4O3/c1-12(13-5-7-16-14(10-13)6-8-17(24)23-16)22-19(25)21-11-15-4-3-9-20-18(15)26-2/h3-5,7,9-10,12H,6,8,11H2,1-2H3,(H,23,24)(H2,21,22,25)/t12-/m1/s1. The molecule has 3 N–H and O–H groups in total. The van der Waals surface area contributed by atoms with Crippen molar-refractivity contribution in [3.63, 3.8) is 0 Å². The van der Waals surface area contributed by atoms with Gasteiger partial charge in [0, 0.05) is 30.4 Å². The summed E-state index contributed by atoms with van der Waals surface area (Å²) in [5.41, 5.74) is 3.75. The molecular weight excluding hydrogens is 332 g/mol. The number of carbonyl (C=O) groups is 2. The Morgan fingerprint density at radius 3 is 3.00 bits per heavy atom. The molecule has 1 aromatic carbocycles. The van der Waals surface area contributed by atoms with Crippen LogP contribution in [0.15, 0.2) is 36.5 Å². The third kappa shape index (κ3) is 4.11. The molecule has 0 saturated carbocycles. The first-order valence-corrected chi connectivity index (χ1v) is 8.51. The maximum atomic E-state index is 12.2. The number of urea groups is 1. The lowest BCUT2D eigenvalue weighted by atomic mass is 9.98. The van der Waals surface area contributed by atoms with Gasteiger partial charge in [-0.2, -0.15) is 0 Å². The summed E-state index contributed by atoms with van der Waals surface area (Å²) in [6, 6.07) is 9.06. The molecule has 26 heavy (non-hydrogen) atoms. The van der Waals surface area contributed by atoms with E-state index >= 15 is 0 Å². The monoisotopic (exact) mass is 354 g/mol. The highest BCUT2D eigenvalue weighted by molar-refractivity contribution is 5.93. The molecule has 136 valence electrons. The van der Waals surface area contributed by atoms with Gasteiger partial charge >= 0.3 is 6.03 Å². The molecule has 0 unspecified atom stereocenters. The topological polar surface area (TPSA) is 92.3 Å². The zero-order valence-corrected chi connectivity index (χ0v) is 14.8. The smallest absolute Gasteiger partial charge is 0.315 e. The van der Waals surface area contributed by atoms with Crippen LogP contribution < -0.4 is 20.7 Å². The summed E-state index contributed by atoms with van der Waals surface area (Å²) in [5.74, 6) is 0.541. The maximum Gasteiger partial charge on any atom is 0.315 e. The molecule has 3 amide bonds. The van der Waals surface area contributed by atoms with Gasteiger partial charge in [-0.25, -0.2) is 9.78 Å². The Hall–Kier alpha value is -3.09. The Morgan fingerprint density at radius 1 is 1.35 bits per heavy atom. The first-order chi connectivity index (χ1) is 12.6. The molecule has 1 aromatic heterocycles. The second-order valence-corrected chi connectivity index (χ2v) is 6.19. The lowest BCUT2D eigenvalue weighted by molar-refractivity contribution is -0.116. The van der Waals surface area contributed by atoms with E-state index in [1.54, 1.807) is 19.4 Å². The van der Waals surface area contributed by atoms with E-state index < -0.39 is 0 Å². The number of amides is 3. The fourth-order valence-corrected chi connectivity index (χ4v) is 2.92. The van der Waals surface area contributed by atoms with Crippen LogP contribution in [0.4, 0.5) is 10.5 Å². The van der Waals surface area contributed by atoms with Gasteiger partial charge in [0.2, 0.25) is 11.8 Å². The Balaban J connectivity index is 1.58. The van der Waals surface area contributed by atoms with Crippen molar-refractivity contribution in [1.82, 2.24) is 15.6 Å². The van der Waals surface area contributed by atoms with Crippen LogP contribution in [0.2, 0.25) is 0 Å². The minimum absolute atomic E-state index is 0.0432. The van der Waals surface area contributed by atoms with Gasteiger partial charge in [0.25, 0.3) is 0 Å². The molecule has 7 heteroatoms. The van der Waals surface area contributed by atoms with Gasteiger partial charge in [-0.1, -0.05) is 18.2 Å². The number of hydrogen-bond acceptors (Lipinski definition) is 4. The van der Waals surface area contributed by atoms with Crippen LogP contribution in [0.25, 0.3) is 0 Å². The summed E-state index contributed by atoms with van der Waals surface area (Å²) in [6.45, 7) is 2.25. The molecule has 0 radical (unpaired) electrons. The predicted octanol–water partition coefficient (Wildman–Crippen LogP) is 2.54. The number of rotatable bonds is 5. The van der Waals surface area contributed by atoms with Crippen molar-refractivity contribution >= 4 is 17.6 Å². The predicted molar refractivity (Wildman–Crippen MR) is 98.0 cm³/mol. The van der Waals surface area contributed by atoms with Crippen LogP contribution in [-0.2, 0) is 17.8 Å². The first-order valence-electron chi connectivity index (χ1n) is 8.51. The van der Waals surface area contributed by atoms with Crippen molar-refractivity contribution in [2.45, 2.75) is 32.4 Å². The lowest BCUT2D eigenvalue weighted by Crippen LogP contribution is -2.36. The van der Waals surface area contributed by atoms with E-state index in [0.29, 0.717) is 25.3 Å². The number of pyridine rings is 1. The van der Waals surface area contributed by atoms with Gasteiger partial charge in [0.05, 0.1) is 13.2 Å². The number of aryl methyl sites for hydroxylation is 1. The van der Waals surface area contributed by atoms with Crippen LogP contribution in [0.1, 0.15) is 36.1 Å². The van der Waals surface area contributed by atoms with E-state index in [9.17, 15) is 9.59 Å². The van der Waals surface area contributed by atoms with Gasteiger partial charge in [0.1, 0.15) is 0 Å². The summed E-state index contributed by atoms with van der Waals surface area (Å²) in [5, 5.41) is 8.60. The SMILES string of the molecule is COc1ncccc1CNC(=O)N[C@H](C)c1ccc2c(c1)CCC(=O)N2. The molecule has 2 heterocycles. The third-order valence-corrected chi connectivity index (χ3v) is 4.36. The number of methoxy groups -OCH3 is 1. The number of fused-ring (bicyclic) bond motifs is 1. The fourth-order valence-electron chi connectivity index (χ4n) is 2.92. The molecule has 0 aliphatic carbocycles. The van der Waals surface area contributed by atoms with Crippen molar-refractivity contribution < 1.29 is 14.3 Å². The molecule has 3 rings (SSSR count). The van der Waals surface area contributed by atoms with Crippen molar-refractivity contribution in [3.05, 3.63) is 53.2 Å². The Labute approximate surface area is 152 Å². The summed E-state index contributed by atoms with van der Waals surface area (Å²) < 4.78 is 5.18. The second kappa shape index (κ2) is 7.86. The van der Waals surface area contributed by atoms with Crippen LogP contribution in [0.3, 0.4) is 0 Å². The van der Waals surface area contributed by atoms with Gasteiger partial charge in [-0.05, 0) is 36.6 Å². The van der Waals surface area contributed by atoms with Crippen LogP contribution in [0.5, 0.6) is 5.88 Å². The minimum Gasteiger partial charge on any atom is -0.481 e. The Morgan fingerprint density at radius 2 is 2.19 bits per heavy atom. The number of anilines is 1. The van der Waals surface area contributed by atoms with E-state index in [-0.39, 0.29) is 18.0 Å². The minimum atomic E-state index is -0.269. The summed E-state index contributed by atoms with van der Waals surface area (Å²) in [4.78, 5) is 27.7. The van der Waals surface area contributed by atoms with Crippen LogP contribution >= 0.6 is 0 Å². The van der Waals surface area contributed by atoms with Crippen molar-refractivity contribution in [1.29, 1.82) is 0 Å². The number of aromatic nitrogens is 1. The van der Waals surface area contributed by atoms with E-state index in [2.05, 4.69) is 20.9 Å². The number of benzene rings is 1. The average Bonchev–Trinajstić information content (AvgIpc) is 2.66. The van der Waals surface area contributed by atoms with Crippen molar-refractivity contribution in [2.75, 3.05) is 12.4 Å². The Kier molecular flexibility index (Phi) is 5.36. The summed E-state index contributed by atoms with van der Waals surface area (Å²) in [7, 11) is 1.55. The highest BCUT2D eigenvalue weighted by Crippen LogP contribution is 2.26. The lowest BCUT2D eigenvalue weighted by Gasteiger charge is -2.20. The molecule has 7 nitrogen and oxygen atoms in total. The molecule has 0 spiro atoms. The quantitative estimate of drug-likeness (QED) is 0.769. The second-order valence-electron chi connectivity index (χ2n) is 6.19. The van der Waals surface area contributed by atoms with Gasteiger partial charge in [-0.15, -0.1) is 0 Å². The molecule has 0 fully saturated rings. The van der Waals surface area contributed by atoms with Gasteiger partial charge in [0.15, 0.2) is 0 Å². The molecule has 1 aliphatic rings. The molecule has 2 aromatic rings. The molecule has 1 atom stereocenters. The molecule has 0 saturated heterocycles. The number of nitrogens with zero attached hydrogens (tertiary/aromatic N) is 1. The van der Waals surface area contributed by atoms with Crippen LogP contribution in [0, 0.1) is 0 Å². The van der Waals surface area contributed by atoms with E-state index in [0.717, 1.165) is 22.4 Å². The Bertz CT molecular complexity index is 822. The maximum absolute atomic E-state index is 12.2. The van der Waals surface area contributed by atoms with Crippen molar-refractivity contribution in [3.8, 4) is 5.88 Å². The van der Waals surface area contributed by atoms with E-state index in [1.165, 1.54) is 0 Å². The van der Waals surface area contributed by atoms with Crippen LogP contribution in [-0.4, -0.2) is 24.0 Å². The average molecular weight is 354 g/mol. The molecular formula is C19H22N4O3. The number of nitrogens with one attached hydrogen (secondary N) is 3. The van der Waals surface area contributed by atoms with Crippen molar-refractivity contribution in [2.24, 2.45) is 0 Å². The number of carbonyl (C=O) groups excluding carboxylic acids is 2. The van der Waals surface area contributed by atoms with E-state index in [4.69, 9.17) is 4.74 Å². The fraction of sp³-hybridized carbons (Fsp3) is 0.316. The number of hydrogen-bond donors (Lipinski definition) is 3. The van der Waals surface area contributed by atoms with E-state index in [1.807, 2.05) is 31.2 Å². The van der Waals surface area contributed by atoms with Gasteiger partial charge < -0.3 is 20.7 Å². The highest BCUT2D eigenvalue weighted by atomic mass is 16.5. The largest absolute Gasteiger partial charge is 0.481 e. The molecule has 1 aliphatic heterocycles. The summed E-state index contributed by atoms with van der Waals surface area (Å²) >= 11 is 0. The first kappa shape index (κ1) is 17.7. The zero-order chi connectivity index (χ0) is 18.5. The third-order valence-electron chi connectivity index (χ3n) is 4.36. The highest BCUT2D eigenvalue weighted by Gasteiger charge is 2.17. The normalized spacial score (nSPS) is 14.0.